The minimum absolute atomic E-state index is 0.0110. The van der Waals surface area contributed by atoms with Crippen molar-refractivity contribution >= 4 is 17.5 Å². The van der Waals surface area contributed by atoms with E-state index in [0.29, 0.717) is 13.2 Å². The number of anilines is 1. The molecule has 1 aromatic rings. The van der Waals surface area contributed by atoms with E-state index in [-0.39, 0.29) is 24.5 Å². The lowest BCUT2D eigenvalue weighted by atomic mass is 10.1. The molecule has 0 radical (unpaired) electrons. The largest absolute Gasteiger partial charge is 0.375 e. The number of amides is 2. The van der Waals surface area contributed by atoms with E-state index in [9.17, 15) is 9.59 Å². The van der Waals surface area contributed by atoms with Gasteiger partial charge in [0.25, 0.3) is 0 Å². The van der Waals surface area contributed by atoms with Crippen LogP contribution in [0, 0.1) is 13.8 Å². The van der Waals surface area contributed by atoms with Gasteiger partial charge in [0, 0.05) is 19.3 Å². The molecule has 2 atom stereocenters. The first kappa shape index (κ1) is 17.4. The quantitative estimate of drug-likeness (QED) is 0.871. The summed E-state index contributed by atoms with van der Waals surface area (Å²) in [6.07, 6.45) is -0.194. The number of hydrogen-bond acceptors (Lipinski definition) is 4. The lowest BCUT2D eigenvalue weighted by Crippen LogP contribution is -2.56. The third-order valence-electron chi connectivity index (χ3n) is 4.22. The predicted octanol–water partition coefficient (Wildman–Crippen LogP) is 1.08. The highest BCUT2D eigenvalue weighted by molar-refractivity contribution is 5.96. The minimum Gasteiger partial charge on any atom is -0.375 e. The van der Waals surface area contributed by atoms with Crippen LogP contribution in [-0.4, -0.2) is 55.6 Å². The number of benzene rings is 1. The van der Waals surface area contributed by atoms with Crippen molar-refractivity contribution in [1.29, 1.82) is 0 Å². The molecular formula is C17H25N3O3. The van der Waals surface area contributed by atoms with E-state index in [1.165, 1.54) is 4.90 Å². The fourth-order valence-electron chi connectivity index (χ4n) is 2.62. The number of hydrogen-bond donors (Lipinski definition) is 2. The lowest BCUT2D eigenvalue weighted by molar-refractivity contribution is -0.140. The van der Waals surface area contributed by atoms with Crippen molar-refractivity contribution in [2.24, 2.45) is 0 Å². The second-order valence-corrected chi connectivity index (χ2v) is 6.00. The molecule has 1 aromatic carbocycles. The number of aryl methyl sites for hydroxylation is 1. The second-order valence-electron chi connectivity index (χ2n) is 6.00. The first-order chi connectivity index (χ1) is 10.9. The summed E-state index contributed by atoms with van der Waals surface area (Å²) >= 11 is 0. The molecule has 0 aromatic heterocycles. The first-order valence-electron chi connectivity index (χ1n) is 7.86. The van der Waals surface area contributed by atoms with Crippen molar-refractivity contribution in [2.75, 3.05) is 32.1 Å². The van der Waals surface area contributed by atoms with Crippen molar-refractivity contribution in [3.05, 3.63) is 29.3 Å². The number of rotatable bonds is 4. The monoisotopic (exact) mass is 319 g/mol. The van der Waals surface area contributed by atoms with Crippen LogP contribution in [0.25, 0.3) is 0 Å². The van der Waals surface area contributed by atoms with Gasteiger partial charge < -0.3 is 20.3 Å². The van der Waals surface area contributed by atoms with Crippen LogP contribution in [0.4, 0.5) is 5.69 Å². The van der Waals surface area contributed by atoms with Crippen LogP contribution in [0.5, 0.6) is 0 Å². The summed E-state index contributed by atoms with van der Waals surface area (Å²) in [5, 5.41) is 6.01. The number of nitrogens with zero attached hydrogens (tertiary/aromatic N) is 1. The molecule has 126 valence electrons. The van der Waals surface area contributed by atoms with Crippen LogP contribution in [0.2, 0.25) is 0 Å². The average Bonchev–Trinajstić information content (AvgIpc) is 2.51. The van der Waals surface area contributed by atoms with Crippen LogP contribution < -0.4 is 10.6 Å². The molecule has 1 fully saturated rings. The van der Waals surface area contributed by atoms with Gasteiger partial charge in [-0.25, -0.2) is 0 Å². The SMILES string of the molecule is Cc1cccc(NC(=O)CN(C)C(=O)[C@H]2NCCO[C@@H]2C)c1C. The van der Waals surface area contributed by atoms with Gasteiger partial charge in [-0.1, -0.05) is 12.1 Å². The number of carbonyl (C=O) groups is 2. The summed E-state index contributed by atoms with van der Waals surface area (Å²) < 4.78 is 5.48. The van der Waals surface area contributed by atoms with Crippen LogP contribution >= 0.6 is 0 Å². The molecule has 1 heterocycles. The maximum absolute atomic E-state index is 12.4. The summed E-state index contributed by atoms with van der Waals surface area (Å²) in [5.74, 6) is -0.341. The van der Waals surface area contributed by atoms with Gasteiger partial charge in [0.15, 0.2) is 0 Å². The number of nitrogens with one attached hydrogen (secondary N) is 2. The molecular weight excluding hydrogens is 294 g/mol. The maximum atomic E-state index is 12.4. The summed E-state index contributed by atoms with van der Waals surface area (Å²) in [7, 11) is 1.63. The smallest absolute Gasteiger partial charge is 0.243 e. The molecule has 6 heteroatoms. The zero-order chi connectivity index (χ0) is 17.0. The highest BCUT2D eigenvalue weighted by Gasteiger charge is 2.31. The molecule has 0 unspecified atom stereocenters. The summed E-state index contributed by atoms with van der Waals surface area (Å²) in [4.78, 5) is 26.1. The fourth-order valence-corrected chi connectivity index (χ4v) is 2.62. The summed E-state index contributed by atoms with van der Waals surface area (Å²) in [6, 6.07) is 5.36. The third-order valence-corrected chi connectivity index (χ3v) is 4.22. The topological polar surface area (TPSA) is 70.7 Å². The number of likely N-dealkylation sites (N-methyl/N-ethyl adjacent to an activating group) is 1. The van der Waals surface area contributed by atoms with Gasteiger partial charge in [0.05, 0.1) is 19.3 Å². The molecule has 2 N–H and O–H groups in total. The molecule has 1 aliphatic rings. The normalized spacial score (nSPS) is 20.9. The van der Waals surface area contributed by atoms with E-state index >= 15 is 0 Å². The second kappa shape index (κ2) is 7.57. The Kier molecular flexibility index (Phi) is 5.74. The van der Waals surface area contributed by atoms with Gasteiger partial charge in [0.2, 0.25) is 11.8 Å². The zero-order valence-corrected chi connectivity index (χ0v) is 14.2. The molecule has 0 saturated carbocycles. The Balaban J connectivity index is 1.94. The summed E-state index contributed by atoms with van der Waals surface area (Å²) in [6.45, 7) is 7.07. The fraction of sp³-hybridized carbons (Fsp3) is 0.529. The highest BCUT2D eigenvalue weighted by atomic mass is 16.5. The van der Waals surface area contributed by atoms with Crippen molar-refractivity contribution in [2.45, 2.75) is 32.9 Å². The third kappa shape index (κ3) is 4.30. The van der Waals surface area contributed by atoms with Gasteiger partial charge in [-0.05, 0) is 38.0 Å². The Morgan fingerprint density at radius 2 is 2.13 bits per heavy atom. The number of carbonyl (C=O) groups excluding carboxylic acids is 2. The Morgan fingerprint density at radius 1 is 1.39 bits per heavy atom. The molecule has 2 rings (SSSR count). The molecule has 6 nitrogen and oxygen atoms in total. The van der Waals surface area contributed by atoms with E-state index in [0.717, 1.165) is 16.8 Å². The molecule has 0 aliphatic carbocycles. The van der Waals surface area contributed by atoms with Crippen molar-refractivity contribution in [3.63, 3.8) is 0 Å². The van der Waals surface area contributed by atoms with E-state index < -0.39 is 6.04 Å². The van der Waals surface area contributed by atoms with Crippen molar-refractivity contribution < 1.29 is 14.3 Å². The summed E-state index contributed by atoms with van der Waals surface area (Å²) in [5.41, 5.74) is 2.93. The molecule has 1 saturated heterocycles. The van der Waals surface area contributed by atoms with Gasteiger partial charge in [-0.3, -0.25) is 9.59 Å². The van der Waals surface area contributed by atoms with Crippen LogP contribution in [0.15, 0.2) is 18.2 Å². The molecule has 23 heavy (non-hydrogen) atoms. The van der Waals surface area contributed by atoms with Crippen LogP contribution in [0.3, 0.4) is 0 Å². The van der Waals surface area contributed by atoms with Gasteiger partial charge >= 0.3 is 0 Å². The maximum Gasteiger partial charge on any atom is 0.243 e. The van der Waals surface area contributed by atoms with E-state index in [1.54, 1.807) is 7.05 Å². The highest BCUT2D eigenvalue weighted by Crippen LogP contribution is 2.17. The molecule has 2 amide bonds. The van der Waals surface area contributed by atoms with Crippen molar-refractivity contribution in [1.82, 2.24) is 10.2 Å². The van der Waals surface area contributed by atoms with Crippen LogP contribution in [-0.2, 0) is 14.3 Å². The number of ether oxygens (including phenoxy) is 1. The Bertz CT molecular complexity index is 588. The lowest BCUT2D eigenvalue weighted by Gasteiger charge is -2.32. The standard InChI is InChI=1S/C17H25N3O3/c1-11-6-5-7-14(12(11)2)19-15(21)10-20(4)17(22)16-13(3)23-9-8-18-16/h5-7,13,16,18H,8-10H2,1-4H3,(H,19,21)/t13-,16+/m1/s1. The van der Waals surface area contributed by atoms with E-state index in [4.69, 9.17) is 4.74 Å². The van der Waals surface area contributed by atoms with E-state index in [1.807, 2.05) is 39.0 Å². The Hall–Kier alpha value is -1.92. The Morgan fingerprint density at radius 3 is 2.83 bits per heavy atom. The van der Waals surface area contributed by atoms with Crippen molar-refractivity contribution in [3.8, 4) is 0 Å². The van der Waals surface area contributed by atoms with Gasteiger partial charge in [0.1, 0.15) is 6.04 Å². The molecule has 0 bridgehead atoms. The number of morpholine rings is 1. The molecule has 0 spiro atoms. The zero-order valence-electron chi connectivity index (χ0n) is 14.2. The molecule has 1 aliphatic heterocycles. The first-order valence-corrected chi connectivity index (χ1v) is 7.86. The van der Waals surface area contributed by atoms with Gasteiger partial charge in [-0.2, -0.15) is 0 Å². The average molecular weight is 319 g/mol. The van der Waals surface area contributed by atoms with E-state index in [2.05, 4.69) is 10.6 Å². The Labute approximate surface area is 137 Å². The van der Waals surface area contributed by atoms with Crippen LogP contribution in [0.1, 0.15) is 18.1 Å². The predicted molar refractivity (Wildman–Crippen MR) is 89.4 cm³/mol. The minimum atomic E-state index is -0.401. The van der Waals surface area contributed by atoms with Gasteiger partial charge in [-0.15, -0.1) is 0 Å².